The molecule has 1 atom stereocenters. The molecule has 2 nitrogen and oxygen atoms in total. The molecule has 0 aliphatic heterocycles. The van der Waals surface area contributed by atoms with E-state index in [0.717, 1.165) is 24.1 Å². The van der Waals surface area contributed by atoms with Crippen molar-refractivity contribution in [3.8, 4) is 5.75 Å². The Bertz CT molecular complexity index is 610. The quantitative estimate of drug-likeness (QED) is 0.848. The number of phenols is 1. The summed E-state index contributed by atoms with van der Waals surface area (Å²) >= 11 is 5.97. The third-order valence-corrected chi connectivity index (χ3v) is 3.52. The van der Waals surface area contributed by atoms with E-state index >= 15 is 0 Å². The van der Waals surface area contributed by atoms with Crippen LogP contribution < -0.4 is 5.32 Å². The van der Waals surface area contributed by atoms with Crippen molar-refractivity contribution in [3.05, 3.63) is 64.2 Å². The molecule has 2 aromatic rings. The van der Waals surface area contributed by atoms with Crippen LogP contribution in [0.25, 0.3) is 0 Å². The fraction of sp³-hybridized carbons (Fsp3) is 0.250. The van der Waals surface area contributed by atoms with Crippen molar-refractivity contribution in [3.63, 3.8) is 0 Å². The third-order valence-electron chi connectivity index (χ3n) is 3.29. The number of nitrogens with one attached hydrogen (secondary N) is 1. The second-order valence-corrected chi connectivity index (χ2v) is 5.24. The lowest BCUT2D eigenvalue weighted by molar-refractivity contribution is 0.394. The van der Waals surface area contributed by atoms with E-state index in [4.69, 9.17) is 16.7 Å². The summed E-state index contributed by atoms with van der Waals surface area (Å²) in [5.41, 5.74) is 1.45. The van der Waals surface area contributed by atoms with Crippen LogP contribution in [0.2, 0.25) is 5.02 Å². The Labute approximate surface area is 127 Å². The highest BCUT2D eigenvalue weighted by Crippen LogP contribution is 2.23. The van der Waals surface area contributed by atoms with E-state index in [1.807, 2.05) is 25.1 Å². The maximum atomic E-state index is 13.3. The number of halogens is 3. The van der Waals surface area contributed by atoms with Gasteiger partial charge in [-0.2, -0.15) is 0 Å². The molecule has 0 heterocycles. The van der Waals surface area contributed by atoms with Crippen molar-refractivity contribution in [2.45, 2.75) is 25.9 Å². The van der Waals surface area contributed by atoms with Crippen molar-refractivity contribution in [2.75, 3.05) is 0 Å². The van der Waals surface area contributed by atoms with Crippen LogP contribution in [-0.4, -0.2) is 5.11 Å². The topological polar surface area (TPSA) is 32.3 Å². The zero-order valence-electron chi connectivity index (χ0n) is 11.5. The molecule has 0 bridgehead atoms. The van der Waals surface area contributed by atoms with Crippen molar-refractivity contribution >= 4 is 11.6 Å². The predicted octanol–water partition coefficient (Wildman–Crippen LogP) is 4.56. The van der Waals surface area contributed by atoms with Gasteiger partial charge in [0.2, 0.25) is 0 Å². The molecule has 0 saturated carbocycles. The average Bonchev–Trinajstić information content (AvgIpc) is 2.45. The lowest BCUT2D eigenvalue weighted by Gasteiger charge is -2.18. The van der Waals surface area contributed by atoms with Gasteiger partial charge in [-0.05, 0) is 41.8 Å². The fourth-order valence-electron chi connectivity index (χ4n) is 2.18. The van der Waals surface area contributed by atoms with E-state index in [-0.39, 0.29) is 6.04 Å². The Morgan fingerprint density at radius 1 is 1.19 bits per heavy atom. The minimum absolute atomic E-state index is 0.0311. The van der Waals surface area contributed by atoms with E-state index in [1.54, 1.807) is 6.07 Å². The first-order valence-electron chi connectivity index (χ1n) is 6.67. The van der Waals surface area contributed by atoms with Crippen LogP contribution in [0.1, 0.15) is 30.5 Å². The molecule has 0 aliphatic rings. The third kappa shape index (κ3) is 3.93. The van der Waals surface area contributed by atoms with Gasteiger partial charge in [0.05, 0.1) is 0 Å². The van der Waals surface area contributed by atoms with Crippen LogP contribution in [0.15, 0.2) is 36.4 Å². The van der Waals surface area contributed by atoms with Gasteiger partial charge in [-0.3, -0.25) is 0 Å². The SMILES string of the molecule is CCC(NCc1cc(F)c(O)c(F)c1)c1cccc(Cl)c1. The first-order chi connectivity index (χ1) is 10.0. The Kier molecular flexibility index (Phi) is 5.15. The molecule has 0 fully saturated rings. The highest BCUT2D eigenvalue weighted by Gasteiger charge is 2.12. The molecule has 112 valence electrons. The summed E-state index contributed by atoms with van der Waals surface area (Å²) in [6.45, 7) is 2.30. The van der Waals surface area contributed by atoms with E-state index in [1.165, 1.54) is 0 Å². The molecule has 0 amide bonds. The highest BCUT2D eigenvalue weighted by molar-refractivity contribution is 6.30. The van der Waals surface area contributed by atoms with Gasteiger partial charge in [0.15, 0.2) is 17.4 Å². The van der Waals surface area contributed by atoms with Crippen molar-refractivity contribution < 1.29 is 13.9 Å². The molecule has 0 aliphatic carbocycles. The van der Waals surface area contributed by atoms with Crippen LogP contribution in [0, 0.1) is 11.6 Å². The van der Waals surface area contributed by atoms with Gasteiger partial charge in [0, 0.05) is 17.6 Å². The number of benzene rings is 2. The second kappa shape index (κ2) is 6.87. The number of aromatic hydroxyl groups is 1. The van der Waals surface area contributed by atoms with Crippen LogP contribution in [0.5, 0.6) is 5.75 Å². The van der Waals surface area contributed by atoms with E-state index in [2.05, 4.69) is 5.32 Å². The Hall–Kier alpha value is -1.65. The Morgan fingerprint density at radius 2 is 1.86 bits per heavy atom. The summed E-state index contributed by atoms with van der Waals surface area (Å²) in [4.78, 5) is 0. The summed E-state index contributed by atoms with van der Waals surface area (Å²) in [5, 5.41) is 13.0. The maximum absolute atomic E-state index is 13.3. The van der Waals surface area contributed by atoms with Gasteiger partial charge < -0.3 is 10.4 Å². The Balaban J connectivity index is 2.10. The maximum Gasteiger partial charge on any atom is 0.187 e. The summed E-state index contributed by atoms with van der Waals surface area (Å²) in [6.07, 6.45) is 0.809. The van der Waals surface area contributed by atoms with Crippen LogP contribution in [0.4, 0.5) is 8.78 Å². The van der Waals surface area contributed by atoms with Crippen molar-refractivity contribution in [1.29, 1.82) is 0 Å². The summed E-state index contributed by atoms with van der Waals surface area (Å²) in [7, 11) is 0. The summed E-state index contributed by atoms with van der Waals surface area (Å²) < 4.78 is 26.6. The van der Waals surface area contributed by atoms with E-state index < -0.39 is 17.4 Å². The van der Waals surface area contributed by atoms with Gasteiger partial charge in [-0.15, -0.1) is 0 Å². The van der Waals surface area contributed by atoms with Crippen molar-refractivity contribution in [2.24, 2.45) is 0 Å². The highest BCUT2D eigenvalue weighted by atomic mass is 35.5. The molecule has 21 heavy (non-hydrogen) atoms. The summed E-state index contributed by atoms with van der Waals surface area (Å²) in [6, 6.07) is 9.74. The first-order valence-corrected chi connectivity index (χ1v) is 7.04. The zero-order chi connectivity index (χ0) is 15.4. The van der Waals surface area contributed by atoms with E-state index in [9.17, 15) is 8.78 Å². The van der Waals surface area contributed by atoms with Crippen LogP contribution >= 0.6 is 11.6 Å². The standard InChI is InChI=1S/C16H16ClF2NO/c1-2-15(11-4-3-5-12(17)8-11)20-9-10-6-13(18)16(21)14(19)7-10/h3-8,15,20-21H,2,9H2,1H3. The lowest BCUT2D eigenvalue weighted by Crippen LogP contribution is -2.20. The fourth-order valence-corrected chi connectivity index (χ4v) is 2.38. The van der Waals surface area contributed by atoms with E-state index in [0.29, 0.717) is 17.1 Å². The van der Waals surface area contributed by atoms with Crippen molar-refractivity contribution in [1.82, 2.24) is 5.32 Å². The van der Waals surface area contributed by atoms with Crippen LogP contribution in [-0.2, 0) is 6.54 Å². The summed E-state index contributed by atoms with van der Waals surface area (Å²) in [5.74, 6) is -2.86. The molecule has 0 saturated heterocycles. The number of hydrogen-bond acceptors (Lipinski definition) is 2. The molecule has 1 unspecified atom stereocenters. The molecule has 2 rings (SSSR count). The normalized spacial score (nSPS) is 12.4. The van der Waals surface area contributed by atoms with Crippen LogP contribution in [0.3, 0.4) is 0 Å². The minimum Gasteiger partial charge on any atom is -0.503 e. The molecule has 5 heteroatoms. The van der Waals surface area contributed by atoms with Gasteiger partial charge >= 0.3 is 0 Å². The Morgan fingerprint density at radius 3 is 2.43 bits per heavy atom. The van der Waals surface area contributed by atoms with Gasteiger partial charge in [-0.25, -0.2) is 8.78 Å². The molecular formula is C16H16ClF2NO. The monoisotopic (exact) mass is 311 g/mol. The lowest BCUT2D eigenvalue weighted by atomic mass is 10.0. The zero-order valence-corrected chi connectivity index (χ0v) is 12.3. The average molecular weight is 312 g/mol. The second-order valence-electron chi connectivity index (χ2n) is 4.80. The number of hydrogen-bond donors (Lipinski definition) is 2. The first kappa shape index (κ1) is 15.7. The minimum atomic E-state index is -0.956. The largest absolute Gasteiger partial charge is 0.503 e. The van der Waals surface area contributed by atoms with Gasteiger partial charge in [-0.1, -0.05) is 30.7 Å². The predicted molar refractivity (Wildman–Crippen MR) is 79.3 cm³/mol. The molecule has 0 spiro atoms. The molecule has 2 aromatic carbocycles. The molecule has 2 N–H and O–H groups in total. The molecule has 0 aromatic heterocycles. The smallest absolute Gasteiger partial charge is 0.187 e. The molecule has 0 radical (unpaired) electrons. The number of phenolic OH excluding ortho intramolecular Hbond substituents is 1. The number of rotatable bonds is 5. The van der Waals surface area contributed by atoms with Gasteiger partial charge in [0.1, 0.15) is 0 Å². The molecular weight excluding hydrogens is 296 g/mol. The van der Waals surface area contributed by atoms with Gasteiger partial charge in [0.25, 0.3) is 0 Å².